The maximum absolute atomic E-state index is 12.8. The summed E-state index contributed by atoms with van der Waals surface area (Å²) in [5.74, 6) is 0. The maximum atomic E-state index is 12.8. The van der Waals surface area contributed by atoms with Crippen molar-refractivity contribution in [3.63, 3.8) is 0 Å². The van der Waals surface area contributed by atoms with Gasteiger partial charge < -0.3 is 10.2 Å². The van der Waals surface area contributed by atoms with Gasteiger partial charge >= 0.3 is 11.7 Å². The highest BCUT2D eigenvalue weighted by Crippen LogP contribution is 2.21. The average Bonchev–Trinajstić information content (AvgIpc) is 3.35. The minimum atomic E-state index is -0.315. The fourth-order valence-electron chi connectivity index (χ4n) is 3.31. The van der Waals surface area contributed by atoms with E-state index in [1.165, 1.54) is 17.1 Å². The van der Waals surface area contributed by atoms with Crippen molar-refractivity contribution in [2.45, 2.75) is 19.5 Å². The van der Waals surface area contributed by atoms with E-state index in [9.17, 15) is 9.59 Å². The summed E-state index contributed by atoms with van der Waals surface area (Å²) >= 11 is 0. The molecule has 0 fully saturated rings. The van der Waals surface area contributed by atoms with Gasteiger partial charge in [-0.05, 0) is 48.4 Å². The van der Waals surface area contributed by atoms with Crippen LogP contribution < -0.4 is 11.0 Å². The number of amides is 2. The number of aromatic nitrogens is 5. The standard InChI is InChI=1S/C23H23N7O2/c1-17(19-7-9-21(10-8-19)30-16-24-15-26-30)28(2)23(32)27-20-6-3-5-18(13-20)14-29-12-4-11-25-22(29)31/h3-13,15-17H,14H2,1-2H3,(H,27,32)/t17-/m0/s1. The Morgan fingerprint density at radius 1 is 1.16 bits per heavy atom. The molecule has 1 N–H and O–H groups in total. The van der Waals surface area contributed by atoms with Gasteiger partial charge in [0.2, 0.25) is 0 Å². The first-order chi connectivity index (χ1) is 15.5. The first-order valence-electron chi connectivity index (χ1n) is 10.1. The first-order valence-corrected chi connectivity index (χ1v) is 10.1. The highest BCUT2D eigenvalue weighted by molar-refractivity contribution is 5.89. The van der Waals surface area contributed by atoms with Crippen molar-refractivity contribution < 1.29 is 4.79 Å². The molecule has 0 saturated heterocycles. The fourth-order valence-corrected chi connectivity index (χ4v) is 3.31. The topological polar surface area (TPSA) is 97.9 Å². The molecule has 0 aliphatic carbocycles. The van der Waals surface area contributed by atoms with Gasteiger partial charge in [0.15, 0.2) is 0 Å². The van der Waals surface area contributed by atoms with Crippen LogP contribution in [-0.2, 0) is 6.54 Å². The van der Waals surface area contributed by atoms with Gasteiger partial charge in [-0.1, -0.05) is 24.3 Å². The summed E-state index contributed by atoms with van der Waals surface area (Å²) in [5, 5.41) is 7.05. The van der Waals surface area contributed by atoms with Crippen molar-refractivity contribution in [2.75, 3.05) is 12.4 Å². The predicted octanol–water partition coefficient (Wildman–Crippen LogP) is 3.10. The van der Waals surface area contributed by atoms with Crippen LogP contribution in [0.2, 0.25) is 0 Å². The third kappa shape index (κ3) is 4.72. The molecule has 0 aliphatic heterocycles. The van der Waals surface area contributed by atoms with E-state index in [1.54, 1.807) is 35.2 Å². The van der Waals surface area contributed by atoms with Gasteiger partial charge in [0.25, 0.3) is 0 Å². The summed E-state index contributed by atoms with van der Waals surface area (Å²) in [6, 6.07) is 16.6. The lowest BCUT2D eigenvalue weighted by atomic mass is 10.1. The summed E-state index contributed by atoms with van der Waals surface area (Å²) in [7, 11) is 1.75. The smallest absolute Gasteiger partial charge is 0.321 e. The van der Waals surface area contributed by atoms with Gasteiger partial charge in [0, 0.05) is 25.1 Å². The molecule has 32 heavy (non-hydrogen) atoms. The molecule has 4 aromatic rings. The summed E-state index contributed by atoms with van der Waals surface area (Å²) in [5.41, 5.74) is 3.12. The van der Waals surface area contributed by atoms with Crippen molar-refractivity contribution in [2.24, 2.45) is 0 Å². The van der Waals surface area contributed by atoms with Gasteiger partial charge in [-0.3, -0.25) is 4.57 Å². The molecular weight excluding hydrogens is 406 g/mol. The zero-order valence-corrected chi connectivity index (χ0v) is 17.8. The van der Waals surface area contributed by atoms with Crippen LogP contribution in [0.5, 0.6) is 0 Å². The van der Waals surface area contributed by atoms with Crippen LogP contribution in [0, 0.1) is 0 Å². The highest BCUT2D eigenvalue weighted by atomic mass is 16.2. The number of benzene rings is 2. The van der Waals surface area contributed by atoms with E-state index in [4.69, 9.17) is 0 Å². The predicted molar refractivity (Wildman–Crippen MR) is 121 cm³/mol. The molecule has 2 aromatic heterocycles. The number of carbonyl (C=O) groups is 1. The second kappa shape index (κ2) is 9.25. The Bertz CT molecular complexity index is 1250. The third-order valence-corrected chi connectivity index (χ3v) is 5.27. The number of hydrogen-bond donors (Lipinski definition) is 1. The molecule has 2 aromatic carbocycles. The van der Waals surface area contributed by atoms with Crippen molar-refractivity contribution in [3.8, 4) is 5.69 Å². The molecule has 0 radical (unpaired) electrons. The molecule has 4 rings (SSSR count). The molecule has 0 spiro atoms. The second-order valence-corrected chi connectivity index (χ2v) is 7.38. The zero-order chi connectivity index (χ0) is 22.5. The van der Waals surface area contributed by atoms with Gasteiger partial charge in [-0.15, -0.1) is 0 Å². The molecule has 9 heteroatoms. The number of hydrogen-bond acceptors (Lipinski definition) is 5. The van der Waals surface area contributed by atoms with Crippen LogP contribution in [0.25, 0.3) is 5.69 Å². The Hall–Kier alpha value is -4.27. The lowest BCUT2D eigenvalue weighted by Crippen LogP contribution is -2.33. The second-order valence-electron chi connectivity index (χ2n) is 7.38. The Balaban J connectivity index is 1.42. The molecule has 0 bridgehead atoms. The molecule has 0 saturated carbocycles. The van der Waals surface area contributed by atoms with Crippen LogP contribution in [-0.4, -0.2) is 42.3 Å². The van der Waals surface area contributed by atoms with Gasteiger partial charge in [-0.25, -0.2) is 24.2 Å². The lowest BCUT2D eigenvalue weighted by molar-refractivity contribution is 0.208. The Morgan fingerprint density at radius 2 is 1.97 bits per heavy atom. The maximum Gasteiger partial charge on any atom is 0.347 e. The molecule has 2 amide bonds. The Labute approximate surface area is 185 Å². The Kier molecular flexibility index (Phi) is 6.07. The molecule has 9 nitrogen and oxygen atoms in total. The average molecular weight is 429 g/mol. The molecule has 2 heterocycles. The van der Waals surface area contributed by atoms with Crippen molar-refractivity contribution in [1.29, 1.82) is 0 Å². The van der Waals surface area contributed by atoms with E-state index in [2.05, 4.69) is 20.4 Å². The summed E-state index contributed by atoms with van der Waals surface area (Å²) in [6.07, 6.45) is 6.27. The quantitative estimate of drug-likeness (QED) is 0.508. The van der Waals surface area contributed by atoms with E-state index in [-0.39, 0.29) is 17.8 Å². The van der Waals surface area contributed by atoms with Gasteiger partial charge in [0.05, 0.1) is 18.3 Å². The van der Waals surface area contributed by atoms with Crippen molar-refractivity contribution in [1.82, 2.24) is 29.2 Å². The van der Waals surface area contributed by atoms with E-state index in [0.717, 1.165) is 16.8 Å². The summed E-state index contributed by atoms with van der Waals surface area (Å²) in [4.78, 5) is 34.0. The number of rotatable bonds is 6. The van der Waals surface area contributed by atoms with Gasteiger partial charge in [0.1, 0.15) is 12.7 Å². The Morgan fingerprint density at radius 3 is 2.69 bits per heavy atom. The van der Waals surface area contributed by atoms with Crippen molar-refractivity contribution in [3.05, 3.63) is 101 Å². The van der Waals surface area contributed by atoms with Crippen LogP contribution in [0.3, 0.4) is 0 Å². The normalized spacial score (nSPS) is 11.7. The number of nitrogens with one attached hydrogen (secondary N) is 1. The lowest BCUT2D eigenvalue weighted by Gasteiger charge is -2.26. The number of nitrogens with zero attached hydrogens (tertiary/aromatic N) is 6. The van der Waals surface area contributed by atoms with E-state index in [0.29, 0.717) is 12.2 Å². The third-order valence-electron chi connectivity index (χ3n) is 5.27. The summed E-state index contributed by atoms with van der Waals surface area (Å²) < 4.78 is 3.19. The first kappa shape index (κ1) is 21.0. The minimum Gasteiger partial charge on any atom is -0.321 e. The highest BCUT2D eigenvalue weighted by Gasteiger charge is 2.18. The molecular formula is C23H23N7O2. The van der Waals surface area contributed by atoms with E-state index in [1.807, 2.05) is 55.5 Å². The number of urea groups is 1. The largest absolute Gasteiger partial charge is 0.347 e. The van der Waals surface area contributed by atoms with Crippen LogP contribution in [0.1, 0.15) is 24.1 Å². The van der Waals surface area contributed by atoms with E-state index < -0.39 is 0 Å². The number of carbonyl (C=O) groups excluding carboxylic acids is 1. The monoisotopic (exact) mass is 429 g/mol. The van der Waals surface area contributed by atoms with Crippen LogP contribution in [0.4, 0.5) is 10.5 Å². The fraction of sp³-hybridized carbons (Fsp3) is 0.174. The van der Waals surface area contributed by atoms with Crippen molar-refractivity contribution >= 4 is 11.7 Å². The molecule has 0 unspecified atom stereocenters. The zero-order valence-electron chi connectivity index (χ0n) is 17.8. The van der Waals surface area contributed by atoms with Crippen LogP contribution in [0.15, 0.2) is 84.4 Å². The van der Waals surface area contributed by atoms with E-state index >= 15 is 0 Å². The molecule has 162 valence electrons. The van der Waals surface area contributed by atoms with Crippen LogP contribution >= 0.6 is 0 Å². The molecule has 1 atom stereocenters. The van der Waals surface area contributed by atoms with Gasteiger partial charge in [-0.2, -0.15) is 5.10 Å². The molecule has 0 aliphatic rings. The number of anilines is 1. The SMILES string of the molecule is C[C@@H](c1ccc(-n2cncn2)cc1)N(C)C(=O)Nc1cccc(Cn2cccnc2=O)c1. The summed E-state index contributed by atoms with van der Waals surface area (Å²) in [6.45, 7) is 2.34. The minimum absolute atomic E-state index is 0.142.